The Balaban J connectivity index is 1.92. The SMILES string of the molecule is Cc1ccc(C(=O)/C(Cc2cccc(N(C)C)c2)=C(/C(=O)O)c2ccc3nsnc3c2)cc1C. The highest BCUT2D eigenvalue weighted by atomic mass is 32.1. The predicted molar refractivity (Wildman–Crippen MR) is 137 cm³/mol. The summed E-state index contributed by atoms with van der Waals surface area (Å²) < 4.78 is 8.44. The normalized spacial score (nSPS) is 11.9. The third-order valence-electron chi connectivity index (χ3n) is 5.91. The van der Waals surface area contributed by atoms with E-state index >= 15 is 0 Å². The Hall–Kier alpha value is -3.84. The summed E-state index contributed by atoms with van der Waals surface area (Å²) in [5.41, 5.74) is 6.29. The molecular formula is C27H25N3O3S. The number of nitrogens with zero attached hydrogens (tertiary/aromatic N) is 3. The molecule has 0 fully saturated rings. The van der Waals surface area contributed by atoms with Gasteiger partial charge in [0.25, 0.3) is 0 Å². The highest BCUT2D eigenvalue weighted by Gasteiger charge is 2.24. The van der Waals surface area contributed by atoms with E-state index in [1.807, 2.05) is 69.2 Å². The number of aryl methyl sites for hydroxylation is 2. The average Bonchev–Trinajstić information content (AvgIpc) is 3.28. The fourth-order valence-electron chi connectivity index (χ4n) is 3.85. The van der Waals surface area contributed by atoms with Gasteiger partial charge in [-0.25, -0.2) is 4.79 Å². The number of carbonyl (C=O) groups is 2. The molecule has 0 aliphatic heterocycles. The standard InChI is InChI=1S/C27H25N3O3S/c1-16-8-9-20(12-17(16)2)26(31)22(14-18-6-5-7-21(13-18)30(3)4)25(27(32)33)19-10-11-23-24(15-19)29-34-28-23/h5-13,15H,14H2,1-4H3,(H,32,33)/b25-22+. The Morgan fingerprint density at radius 2 is 1.62 bits per heavy atom. The van der Waals surface area contributed by atoms with Gasteiger partial charge >= 0.3 is 5.97 Å². The fourth-order valence-corrected chi connectivity index (χ4v) is 4.37. The van der Waals surface area contributed by atoms with E-state index in [1.165, 1.54) is 0 Å². The number of aromatic nitrogens is 2. The van der Waals surface area contributed by atoms with Crippen molar-refractivity contribution in [3.8, 4) is 0 Å². The summed E-state index contributed by atoms with van der Waals surface area (Å²) in [5, 5.41) is 10.3. The number of aliphatic carboxylic acids is 1. The Morgan fingerprint density at radius 1 is 0.882 bits per heavy atom. The van der Waals surface area contributed by atoms with Crippen molar-refractivity contribution in [3.05, 3.63) is 94.1 Å². The van der Waals surface area contributed by atoms with Crippen molar-refractivity contribution in [2.45, 2.75) is 20.3 Å². The second kappa shape index (κ2) is 9.57. The van der Waals surface area contributed by atoms with Crippen molar-refractivity contribution in [2.24, 2.45) is 0 Å². The van der Waals surface area contributed by atoms with Crippen LogP contribution in [0.15, 0.2) is 66.2 Å². The number of anilines is 1. The molecule has 4 rings (SSSR count). The largest absolute Gasteiger partial charge is 0.478 e. The maximum absolute atomic E-state index is 13.8. The van der Waals surface area contributed by atoms with Crippen molar-refractivity contribution < 1.29 is 14.7 Å². The Bertz CT molecular complexity index is 1440. The molecule has 0 saturated heterocycles. The van der Waals surface area contributed by atoms with Gasteiger partial charge in [-0.2, -0.15) is 8.75 Å². The van der Waals surface area contributed by atoms with Gasteiger partial charge in [-0.15, -0.1) is 0 Å². The molecule has 0 radical (unpaired) electrons. The molecule has 1 N–H and O–H groups in total. The van der Waals surface area contributed by atoms with Gasteiger partial charge in [0.15, 0.2) is 5.78 Å². The lowest BCUT2D eigenvalue weighted by atomic mass is 9.88. The van der Waals surface area contributed by atoms with E-state index in [0.29, 0.717) is 22.2 Å². The van der Waals surface area contributed by atoms with E-state index in [0.717, 1.165) is 34.1 Å². The van der Waals surface area contributed by atoms with E-state index in [9.17, 15) is 14.7 Å². The van der Waals surface area contributed by atoms with Crippen LogP contribution in [0.25, 0.3) is 16.6 Å². The molecule has 0 aliphatic rings. The maximum Gasteiger partial charge on any atom is 0.336 e. The number of carboxylic acids is 1. The van der Waals surface area contributed by atoms with Crippen molar-refractivity contribution in [3.63, 3.8) is 0 Å². The molecule has 7 heteroatoms. The molecule has 3 aromatic carbocycles. The highest BCUT2D eigenvalue weighted by Crippen LogP contribution is 2.29. The van der Waals surface area contributed by atoms with Crippen LogP contribution in [0.4, 0.5) is 5.69 Å². The van der Waals surface area contributed by atoms with E-state index < -0.39 is 5.97 Å². The number of benzene rings is 3. The zero-order valence-electron chi connectivity index (χ0n) is 19.5. The lowest BCUT2D eigenvalue weighted by molar-refractivity contribution is -0.130. The van der Waals surface area contributed by atoms with Gasteiger partial charge < -0.3 is 10.0 Å². The van der Waals surface area contributed by atoms with Crippen molar-refractivity contribution in [1.82, 2.24) is 8.75 Å². The number of allylic oxidation sites excluding steroid dienone is 1. The fraction of sp³-hybridized carbons (Fsp3) is 0.185. The Kier molecular flexibility index (Phi) is 6.56. The van der Waals surface area contributed by atoms with Gasteiger partial charge in [-0.3, -0.25) is 4.79 Å². The number of rotatable bonds is 7. The van der Waals surface area contributed by atoms with Crippen LogP contribution in [-0.2, 0) is 11.2 Å². The van der Waals surface area contributed by atoms with Crippen LogP contribution in [-0.4, -0.2) is 39.7 Å². The minimum absolute atomic E-state index is 0.0200. The van der Waals surface area contributed by atoms with Crippen LogP contribution < -0.4 is 4.90 Å². The number of carbonyl (C=O) groups excluding carboxylic acids is 1. The molecule has 172 valence electrons. The third kappa shape index (κ3) is 4.75. The summed E-state index contributed by atoms with van der Waals surface area (Å²) in [6.07, 6.45) is 0.183. The second-order valence-electron chi connectivity index (χ2n) is 8.50. The maximum atomic E-state index is 13.8. The summed E-state index contributed by atoms with van der Waals surface area (Å²) in [4.78, 5) is 28.4. The van der Waals surface area contributed by atoms with Crippen LogP contribution in [0.5, 0.6) is 0 Å². The third-order valence-corrected chi connectivity index (χ3v) is 6.47. The van der Waals surface area contributed by atoms with Crippen LogP contribution >= 0.6 is 11.7 Å². The van der Waals surface area contributed by atoms with Gasteiger partial charge in [-0.1, -0.05) is 30.3 Å². The summed E-state index contributed by atoms with van der Waals surface area (Å²) in [6, 6.07) is 18.4. The molecule has 6 nitrogen and oxygen atoms in total. The molecule has 1 heterocycles. The summed E-state index contributed by atoms with van der Waals surface area (Å²) in [6.45, 7) is 3.92. The zero-order chi connectivity index (χ0) is 24.4. The van der Waals surface area contributed by atoms with Crippen LogP contribution in [0.3, 0.4) is 0 Å². The number of fused-ring (bicyclic) bond motifs is 1. The minimum Gasteiger partial charge on any atom is -0.478 e. The number of ketones is 1. The van der Waals surface area contributed by atoms with Gasteiger partial charge in [0.05, 0.1) is 17.3 Å². The lowest BCUT2D eigenvalue weighted by Crippen LogP contribution is -2.15. The van der Waals surface area contributed by atoms with Crippen LogP contribution in [0, 0.1) is 13.8 Å². The van der Waals surface area contributed by atoms with Gasteiger partial charge in [0.1, 0.15) is 11.0 Å². The van der Waals surface area contributed by atoms with E-state index in [-0.39, 0.29) is 23.4 Å². The molecule has 0 saturated carbocycles. The van der Waals surface area contributed by atoms with E-state index in [1.54, 1.807) is 24.3 Å². The molecular weight excluding hydrogens is 446 g/mol. The van der Waals surface area contributed by atoms with Crippen LogP contribution in [0.1, 0.15) is 32.6 Å². The smallest absolute Gasteiger partial charge is 0.336 e. The number of hydrogen-bond acceptors (Lipinski definition) is 6. The van der Waals surface area contributed by atoms with Crippen molar-refractivity contribution >= 4 is 45.8 Å². The predicted octanol–water partition coefficient (Wildman–Crippen LogP) is 5.34. The molecule has 1 aromatic heterocycles. The first-order valence-corrected chi connectivity index (χ1v) is 11.5. The average molecular weight is 472 g/mol. The van der Waals surface area contributed by atoms with Crippen LogP contribution in [0.2, 0.25) is 0 Å². The molecule has 0 unspecified atom stereocenters. The van der Waals surface area contributed by atoms with Crippen molar-refractivity contribution in [1.29, 1.82) is 0 Å². The Morgan fingerprint density at radius 3 is 2.32 bits per heavy atom. The minimum atomic E-state index is -1.15. The van der Waals surface area contributed by atoms with E-state index in [2.05, 4.69) is 8.75 Å². The van der Waals surface area contributed by atoms with E-state index in [4.69, 9.17) is 0 Å². The van der Waals surface area contributed by atoms with Gasteiger partial charge in [0, 0.05) is 37.3 Å². The zero-order valence-corrected chi connectivity index (χ0v) is 20.3. The molecule has 34 heavy (non-hydrogen) atoms. The Labute approximate surface area is 202 Å². The summed E-state index contributed by atoms with van der Waals surface area (Å²) >= 11 is 1.07. The molecule has 0 amide bonds. The summed E-state index contributed by atoms with van der Waals surface area (Å²) in [5.74, 6) is -1.45. The quantitative estimate of drug-likeness (QED) is 0.289. The van der Waals surface area contributed by atoms with Gasteiger partial charge in [-0.05, 0) is 66.4 Å². The number of Topliss-reactive ketones (excluding diaryl/α,β-unsaturated/α-hetero) is 1. The molecule has 0 bridgehead atoms. The first kappa shape index (κ1) is 23.3. The van der Waals surface area contributed by atoms with Crippen molar-refractivity contribution in [2.75, 3.05) is 19.0 Å². The monoisotopic (exact) mass is 471 g/mol. The van der Waals surface area contributed by atoms with Gasteiger partial charge in [0.2, 0.25) is 0 Å². The topological polar surface area (TPSA) is 83.4 Å². The molecule has 0 spiro atoms. The molecule has 0 atom stereocenters. The second-order valence-corrected chi connectivity index (χ2v) is 9.02. The highest BCUT2D eigenvalue weighted by molar-refractivity contribution is 7.00. The first-order chi connectivity index (χ1) is 16.2. The summed E-state index contributed by atoms with van der Waals surface area (Å²) in [7, 11) is 3.88. The molecule has 0 aliphatic carbocycles. The number of hydrogen-bond donors (Lipinski definition) is 1. The first-order valence-electron chi connectivity index (χ1n) is 10.8. The molecule has 4 aromatic rings. The number of carboxylic acid groups (broad SMARTS) is 1. The lowest BCUT2D eigenvalue weighted by Gasteiger charge is -2.16.